The second kappa shape index (κ2) is 7.27. The number of carbonyl (C=O) groups excluding carboxylic acids is 2. The van der Waals surface area contributed by atoms with Crippen LogP contribution in [0.25, 0.3) is 0 Å². The Kier molecular flexibility index (Phi) is 4.80. The Hall–Kier alpha value is -2.87. The van der Waals surface area contributed by atoms with Crippen LogP contribution in [0.15, 0.2) is 30.7 Å². The number of rotatable bonds is 3. The maximum absolute atomic E-state index is 13.1. The van der Waals surface area contributed by atoms with E-state index in [2.05, 4.69) is 33.8 Å². The highest BCUT2D eigenvalue weighted by molar-refractivity contribution is 6.09. The summed E-state index contributed by atoms with van der Waals surface area (Å²) in [7, 11) is 2.07. The molecule has 0 spiro atoms. The number of likely N-dealkylation sites (N-methyl/N-ethyl adjacent to an activating group) is 1. The number of carbonyl (C=O) groups is 2. The molecule has 2 aromatic rings. The molecule has 0 N–H and O–H groups in total. The van der Waals surface area contributed by atoms with Gasteiger partial charge in [-0.1, -0.05) is 6.07 Å². The zero-order valence-electron chi connectivity index (χ0n) is 16.4. The number of amides is 2. The lowest BCUT2D eigenvalue weighted by atomic mass is 10.1. The summed E-state index contributed by atoms with van der Waals surface area (Å²) in [5, 5.41) is 0. The molecule has 2 atom stereocenters. The summed E-state index contributed by atoms with van der Waals surface area (Å²) in [5.74, 6) is 0.275. The minimum atomic E-state index is -0.492. The number of piperazine rings is 1. The number of anilines is 1. The van der Waals surface area contributed by atoms with Gasteiger partial charge in [-0.05, 0) is 32.5 Å². The van der Waals surface area contributed by atoms with Crippen LogP contribution in [0.1, 0.15) is 41.1 Å². The fourth-order valence-corrected chi connectivity index (χ4v) is 3.76. The molecule has 0 aromatic carbocycles. The monoisotopic (exact) mass is 380 g/mol. The standard InChI is InChI=1S/C20H24N6O2/c1-13-4-5-16(23-11-13)26-15(18-19(20(26)28)22-7-6-21-18)10-17(27)25-9-8-24(3)14(2)12-25/h4-7,11,14-15H,8-10,12H2,1-3H3/t14?,15-/m0/s1. The number of hydrogen-bond acceptors (Lipinski definition) is 6. The van der Waals surface area contributed by atoms with E-state index in [-0.39, 0.29) is 18.2 Å². The third kappa shape index (κ3) is 3.24. The summed E-state index contributed by atoms with van der Waals surface area (Å²) >= 11 is 0. The summed E-state index contributed by atoms with van der Waals surface area (Å²) in [5.41, 5.74) is 1.85. The van der Waals surface area contributed by atoms with Gasteiger partial charge in [0, 0.05) is 44.3 Å². The molecule has 4 rings (SSSR count). The van der Waals surface area contributed by atoms with Crippen LogP contribution in [0.5, 0.6) is 0 Å². The Morgan fingerprint density at radius 1 is 1.18 bits per heavy atom. The van der Waals surface area contributed by atoms with Crippen LogP contribution in [0.3, 0.4) is 0 Å². The molecule has 8 heteroatoms. The van der Waals surface area contributed by atoms with Gasteiger partial charge in [-0.2, -0.15) is 0 Å². The molecule has 0 bridgehead atoms. The largest absolute Gasteiger partial charge is 0.340 e. The molecule has 1 unspecified atom stereocenters. The predicted octanol–water partition coefficient (Wildman–Crippen LogP) is 1.43. The molecule has 2 aliphatic rings. The molecule has 4 heterocycles. The van der Waals surface area contributed by atoms with E-state index in [0.717, 1.165) is 12.1 Å². The van der Waals surface area contributed by atoms with Crippen molar-refractivity contribution in [2.75, 3.05) is 31.6 Å². The number of pyridine rings is 1. The van der Waals surface area contributed by atoms with Crippen LogP contribution in [-0.2, 0) is 4.79 Å². The quantitative estimate of drug-likeness (QED) is 0.801. The van der Waals surface area contributed by atoms with Gasteiger partial charge in [0.25, 0.3) is 5.91 Å². The molecule has 0 aliphatic carbocycles. The molecule has 0 saturated carbocycles. The Morgan fingerprint density at radius 3 is 2.68 bits per heavy atom. The molecule has 2 aromatic heterocycles. The van der Waals surface area contributed by atoms with Crippen molar-refractivity contribution in [3.8, 4) is 0 Å². The average molecular weight is 380 g/mol. The van der Waals surface area contributed by atoms with E-state index in [1.807, 2.05) is 17.9 Å². The van der Waals surface area contributed by atoms with E-state index in [9.17, 15) is 9.59 Å². The predicted molar refractivity (Wildman–Crippen MR) is 104 cm³/mol. The first kappa shape index (κ1) is 18.5. The minimum Gasteiger partial charge on any atom is -0.340 e. The van der Waals surface area contributed by atoms with Gasteiger partial charge in [0.15, 0.2) is 5.69 Å². The first-order chi connectivity index (χ1) is 13.5. The Morgan fingerprint density at radius 2 is 1.96 bits per heavy atom. The summed E-state index contributed by atoms with van der Waals surface area (Å²) < 4.78 is 0. The fraction of sp³-hybridized carbons (Fsp3) is 0.450. The van der Waals surface area contributed by atoms with Crippen molar-refractivity contribution in [3.05, 3.63) is 47.7 Å². The number of aryl methyl sites for hydroxylation is 1. The first-order valence-corrected chi connectivity index (χ1v) is 9.51. The number of hydrogen-bond donors (Lipinski definition) is 0. The lowest BCUT2D eigenvalue weighted by Crippen LogP contribution is -2.52. The van der Waals surface area contributed by atoms with Crippen molar-refractivity contribution >= 4 is 17.6 Å². The van der Waals surface area contributed by atoms with Gasteiger partial charge >= 0.3 is 0 Å². The Labute approximate surface area is 164 Å². The first-order valence-electron chi connectivity index (χ1n) is 9.51. The summed E-state index contributed by atoms with van der Waals surface area (Å²) in [6.07, 6.45) is 4.95. The molecule has 146 valence electrons. The fourth-order valence-electron chi connectivity index (χ4n) is 3.76. The van der Waals surface area contributed by atoms with Gasteiger partial charge in [-0.25, -0.2) is 9.97 Å². The minimum absolute atomic E-state index is 0.0216. The molecule has 28 heavy (non-hydrogen) atoms. The van der Waals surface area contributed by atoms with Gasteiger partial charge in [0.1, 0.15) is 5.82 Å². The van der Waals surface area contributed by atoms with Crippen molar-refractivity contribution < 1.29 is 9.59 Å². The lowest BCUT2D eigenvalue weighted by Gasteiger charge is -2.38. The lowest BCUT2D eigenvalue weighted by molar-refractivity contribution is -0.134. The van der Waals surface area contributed by atoms with Gasteiger partial charge in [0.05, 0.1) is 18.2 Å². The zero-order valence-corrected chi connectivity index (χ0v) is 16.4. The van der Waals surface area contributed by atoms with Gasteiger partial charge in [-0.3, -0.25) is 19.5 Å². The Balaban J connectivity index is 1.63. The second-order valence-electron chi connectivity index (χ2n) is 7.55. The van der Waals surface area contributed by atoms with Crippen molar-refractivity contribution in [1.29, 1.82) is 0 Å². The van der Waals surface area contributed by atoms with Crippen molar-refractivity contribution in [2.45, 2.75) is 32.4 Å². The SMILES string of the molecule is Cc1ccc(N2C(=O)c3nccnc3[C@@H]2CC(=O)N2CCN(C)C(C)C2)nc1. The highest BCUT2D eigenvalue weighted by Gasteiger charge is 2.42. The number of fused-ring (bicyclic) bond motifs is 1. The molecule has 8 nitrogen and oxygen atoms in total. The van der Waals surface area contributed by atoms with Crippen LogP contribution in [0, 0.1) is 6.92 Å². The topological polar surface area (TPSA) is 82.5 Å². The molecule has 2 aliphatic heterocycles. The number of nitrogens with zero attached hydrogens (tertiary/aromatic N) is 6. The number of aromatic nitrogens is 3. The molecule has 1 saturated heterocycles. The highest BCUT2D eigenvalue weighted by Crippen LogP contribution is 2.37. The van der Waals surface area contributed by atoms with E-state index >= 15 is 0 Å². The molecular weight excluding hydrogens is 356 g/mol. The molecule has 1 fully saturated rings. The second-order valence-corrected chi connectivity index (χ2v) is 7.55. The zero-order chi connectivity index (χ0) is 19.8. The van der Waals surface area contributed by atoms with Crippen LogP contribution in [0.4, 0.5) is 5.82 Å². The normalized spacial score (nSPS) is 22.5. The highest BCUT2D eigenvalue weighted by atomic mass is 16.2. The molecular formula is C20H24N6O2. The van der Waals surface area contributed by atoms with Crippen LogP contribution < -0.4 is 4.90 Å². The summed E-state index contributed by atoms with van der Waals surface area (Å²) in [4.78, 5) is 44.7. The van der Waals surface area contributed by atoms with E-state index in [1.54, 1.807) is 23.4 Å². The summed E-state index contributed by atoms with van der Waals surface area (Å²) in [6.45, 7) is 6.27. The van der Waals surface area contributed by atoms with Crippen LogP contribution in [0.2, 0.25) is 0 Å². The van der Waals surface area contributed by atoms with E-state index in [1.165, 1.54) is 6.20 Å². The van der Waals surface area contributed by atoms with Crippen molar-refractivity contribution in [3.63, 3.8) is 0 Å². The molecule has 0 radical (unpaired) electrons. The van der Waals surface area contributed by atoms with Gasteiger partial charge < -0.3 is 9.80 Å². The van der Waals surface area contributed by atoms with Crippen LogP contribution in [-0.4, -0.2) is 69.3 Å². The smallest absolute Gasteiger partial charge is 0.280 e. The van der Waals surface area contributed by atoms with E-state index < -0.39 is 6.04 Å². The van der Waals surface area contributed by atoms with Gasteiger partial charge in [0.2, 0.25) is 5.91 Å². The van der Waals surface area contributed by atoms with Crippen LogP contribution >= 0.6 is 0 Å². The maximum Gasteiger partial charge on any atom is 0.280 e. The van der Waals surface area contributed by atoms with Crippen molar-refractivity contribution in [2.24, 2.45) is 0 Å². The average Bonchev–Trinajstić information content (AvgIpc) is 2.97. The van der Waals surface area contributed by atoms with E-state index in [4.69, 9.17) is 0 Å². The third-order valence-electron chi connectivity index (χ3n) is 5.60. The Bertz CT molecular complexity index is 900. The third-order valence-corrected chi connectivity index (χ3v) is 5.60. The van der Waals surface area contributed by atoms with Gasteiger partial charge in [-0.15, -0.1) is 0 Å². The summed E-state index contributed by atoms with van der Waals surface area (Å²) in [6, 6.07) is 3.52. The molecule has 2 amide bonds. The van der Waals surface area contributed by atoms with Crippen molar-refractivity contribution in [1.82, 2.24) is 24.8 Å². The van der Waals surface area contributed by atoms with E-state index in [0.29, 0.717) is 36.3 Å². The maximum atomic E-state index is 13.1.